The first kappa shape index (κ1) is 14.0. The van der Waals surface area contributed by atoms with Crippen LogP contribution in [-0.4, -0.2) is 13.2 Å². The number of methoxy groups -OCH3 is 1. The van der Waals surface area contributed by atoms with Crippen LogP contribution in [0.15, 0.2) is 6.07 Å². The quantitative estimate of drug-likeness (QED) is 0.850. The Morgan fingerprint density at radius 2 is 1.88 bits per heavy atom. The third-order valence-electron chi connectivity index (χ3n) is 3.51. The molecule has 0 aliphatic carbocycles. The van der Waals surface area contributed by atoms with Crippen LogP contribution in [-0.2, 0) is 6.42 Å². The summed E-state index contributed by atoms with van der Waals surface area (Å²) in [7, 11) is 1.73. The van der Waals surface area contributed by atoms with Crippen LogP contribution < -0.4 is 10.5 Å². The summed E-state index contributed by atoms with van der Waals surface area (Å²) in [5.41, 5.74) is 11.2. The smallest absolute Gasteiger partial charge is 0.122 e. The summed E-state index contributed by atoms with van der Waals surface area (Å²) >= 11 is 0. The van der Waals surface area contributed by atoms with Crippen molar-refractivity contribution in [2.75, 3.05) is 7.11 Å². The van der Waals surface area contributed by atoms with Crippen LogP contribution in [0.4, 0.5) is 0 Å². The van der Waals surface area contributed by atoms with E-state index in [0.717, 1.165) is 25.0 Å². The maximum absolute atomic E-state index is 5.79. The average molecular weight is 235 g/mol. The Kier molecular flexibility index (Phi) is 5.01. The molecule has 0 spiro atoms. The second-order valence-corrected chi connectivity index (χ2v) is 4.99. The molecule has 0 aliphatic rings. The topological polar surface area (TPSA) is 35.2 Å². The lowest BCUT2D eigenvalue weighted by molar-refractivity contribution is 0.410. The molecule has 1 atom stereocenters. The molecular formula is C15H25NO. The van der Waals surface area contributed by atoms with Crippen LogP contribution in [0.2, 0.25) is 0 Å². The molecule has 0 aromatic heterocycles. The molecular weight excluding hydrogens is 210 g/mol. The van der Waals surface area contributed by atoms with Crippen LogP contribution in [0.5, 0.6) is 5.75 Å². The molecule has 0 bridgehead atoms. The first-order chi connectivity index (χ1) is 7.97. The van der Waals surface area contributed by atoms with Crippen molar-refractivity contribution in [1.29, 1.82) is 0 Å². The maximum Gasteiger partial charge on any atom is 0.122 e. The Morgan fingerprint density at radius 3 is 2.41 bits per heavy atom. The average Bonchev–Trinajstić information content (AvgIpc) is 2.27. The predicted octanol–water partition coefficient (Wildman–Crippen LogP) is 3.29. The molecule has 0 aliphatic heterocycles. The van der Waals surface area contributed by atoms with Gasteiger partial charge in [0.2, 0.25) is 0 Å². The third-order valence-corrected chi connectivity index (χ3v) is 3.51. The van der Waals surface area contributed by atoms with Crippen LogP contribution in [0.1, 0.15) is 42.0 Å². The van der Waals surface area contributed by atoms with E-state index in [1.165, 1.54) is 22.3 Å². The highest BCUT2D eigenvalue weighted by atomic mass is 16.5. The molecule has 1 aromatic rings. The lowest BCUT2D eigenvalue weighted by Gasteiger charge is -2.16. The van der Waals surface area contributed by atoms with Gasteiger partial charge in [-0.1, -0.05) is 0 Å². The SMILES string of the molecule is COc1cc(C)c(CCCC(C)N)c(C)c1C. The Bertz CT molecular complexity index is 383. The Balaban J connectivity index is 2.89. The normalized spacial score (nSPS) is 12.6. The second kappa shape index (κ2) is 6.06. The van der Waals surface area contributed by atoms with E-state index in [1.807, 2.05) is 0 Å². The van der Waals surface area contributed by atoms with Crippen molar-refractivity contribution >= 4 is 0 Å². The minimum absolute atomic E-state index is 0.301. The van der Waals surface area contributed by atoms with E-state index in [9.17, 15) is 0 Å². The number of nitrogens with two attached hydrogens (primary N) is 1. The zero-order valence-electron chi connectivity index (χ0n) is 11.8. The van der Waals surface area contributed by atoms with E-state index < -0.39 is 0 Å². The van der Waals surface area contributed by atoms with Crippen molar-refractivity contribution in [3.63, 3.8) is 0 Å². The van der Waals surface area contributed by atoms with Gasteiger partial charge in [-0.25, -0.2) is 0 Å². The number of hydrogen-bond acceptors (Lipinski definition) is 2. The summed E-state index contributed by atoms with van der Waals surface area (Å²) in [6.07, 6.45) is 3.36. The molecule has 0 saturated heterocycles. The zero-order chi connectivity index (χ0) is 13.0. The highest BCUT2D eigenvalue weighted by Crippen LogP contribution is 2.28. The molecule has 1 unspecified atom stereocenters. The summed E-state index contributed by atoms with van der Waals surface area (Å²) < 4.78 is 5.38. The third kappa shape index (κ3) is 3.47. The minimum Gasteiger partial charge on any atom is -0.496 e. The summed E-state index contributed by atoms with van der Waals surface area (Å²) in [6.45, 7) is 8.55. The Labute approximate surface area is 105 Å². The first-order valence-corrected chi connectivity index (χ1v) is 6.36. The lowest BCUT2D eigenvalue weighted by atomic mass is 9.93. The van der Waals surface area contributed by atoms with Gasteiger partial charge in [0.15, 0.2) is 0 Å². The van der Waals surface area contributed by atoms with Crippen LogP contribution in [0.25, 0.3) is 0 Å². The van der Waals surface area contributed by atoms with Gasteiger partial charge in [-0.3, -0.25) is 0 Å². The fourth-order valence-corrected chi connectivity index (χ4v) is 2.30. The highest BCUT2D eigenvalue weighted by Gasteiger charge is 2.10. The molecule has 0 fully saturated rings. The summed E-state index contributed by atoms with van der Waals surface area (Å²) in [5.74, 6) is 0.996. The maximum atomic E-state index is 5.79. The lowest BCUT2D eigenvalue weighted by Crippen LogP contribution is -2.14. The molecule has 0 radical (unpaired) electrons. The molecule has 96 valence electrons. The summed E-state index contributed by atoms with van der Waals surface area (Å²) in [4.78, 5) is 0. The van der Waals surface area contributed by atoms with Gasteiger partial charge in [-0.05, 0) is 75.3 Å². The van der Waals surface area contributed by atoms with Gasteiger partial charge in [0.05, 0.1) is 7.11 Å². The van der Waals surface area contributed by atoms with Gasteiger partial charge < -0.3 is 10.5 Å². The van der Waals surface area contributed by atoms with Crippen molar-refractivity contribution in [2.45, 2.75) is 53.0 Å². The predicted molar refractivity (Wildman–Crippen MR) is 73.8 cm³/mol. The number of aryl methyl sites for hydroxylation is 1. The van der Waals surface area contributed by atoms with Crippen molar-refractivity contribution in [3.8, 4) is 5.75 Å². The molecule has 17 heavy (non-hydrogen) atoms. The number of hydrogen-bond donors (Lipinski definition) is 1. The standard InChI is InChI=1S/C15H25NO/c1-10-9-15(17-5)13(4)12(3)14(10)8-6-7-11(2)16/h9,11H,6-8,16H2,1-5H3. The molecule has 1 rings (SSSR count). The van der Waals surface area contributed by atoms with Gasteiger partial charge in [0, 0.05) is 6.04 Å². The summed E-state index contributed by atoms with van der Waals surface area (Å²) in [5, 5.41) is 0. The van der Waals surface area contributed by atoms with E-state index in [0.29, 0.717) is 6.04 Å². The van der Waals surface area contributed by atoms with E-state index in [1.54, 1.807) is 7.11 Å². The zero-order valence-corrected chi connectivity index (χ0v) is 11.8. The molecule has 0 saturated carbocycles. The van der Waals surface area contributed by atoms with Gasteiger partial charge in [0.1, 0.15) is 5.75 Å². The minimum atomic E-state index is 0.301. The fraction of sp³-hybridized carbons (Fsp3) is 0.600. The van der Waals surface area contributed by atoms with Crippen molar-refractivity contribution in [2.24, 2.45) is 5.73 Å². The number of benzene rings is 1. The summed E-state index contributed by atoms with van der Waals surface area (Å²) in [6, 6.07) is 2.44. The molecule has 0 heterocycles. The molecule has 2 N–H and O–H groups in total. The molecule has 2 nitrogen and oxygen atoms in total. The highest BCUT2D eigenvalue weighted by molar-refractivity contribution is 5.48. The van der Waals surface area contributed by atoms with Crippen LogP contribution in [0.3, 0.4) is 0 Å². The second-order valence-electron chi connectivity index (χ2n) is 4.99. The number of rotatable bonds is 5. The molecule has 2 heteroatoms. The largest absolute Gasteiger partial charge is 0.496 e. The van der Waals surface area contributed by atoms with Crippen LogP contribution >= 0.6 is 0 Å². The first-order valence-electron chi connectivity index (χ1n) is 6.36. The Morgan fingerprint density at radius 1 is 1.24 bits per heavy atom. The van der Waals surface area contributed by atoms with Crippen molar-refractivity contribution in [1.82, 2.24) is 0 Å². The molecule has 1 aromatic carbocycles. The fourth-order valence-electron chi connectivity index (χ4n) is 2.30. The van der Waals surface area contributed by atoms with E-state index in [2.05, 4.69) is 33.8 Å². The monoisotopic (exact) mass is 235 g/mol. The van der Waals surface area contributed by atoms with Gasteiger partial charge >= 0.3 is 0 Å². The Hall–Kier alpha value is -1.02. The van der Waals surface area contributed by atoms with Gasteiger partial charge in [-0.2, -0.15) is 0 Å². The number of ether oxygens (including phenoxy) is 1. The van der Waals surface area contributed by atoms with E-state index >= 15 is 0 Å². The van der Waals surface area contributed by atoms with Crippen molar-refractivity contribution < 1.29 is 4.74 Å². The van der Waals surface area contributed by atoms with Gasteiger partial charge in [0.25, 0.3) is 0 Å². The molecule has 0 amide bonds. The van der Waals surface area contributed by atoms with Crippen LogP contribution in [0, 0.1) is 20.8 Å². The van der Waals surface area contributed by atoms with Gasteiger partial charge in [-0.15, -0.1) is 0 Å². The van der Waals surface area contributed by atoms with E-state index in [-0.39, 0.29) is 0 Å². The van der Waals surface area contributed by atoms with Crippen molar-refractivity contribution in [3.05, 3.63) is 28.3 Å². The van der Waals surface area contributed by atoms with E-state index in [4.69, 9.17) is 10.5 Å².